The van der Waals surface area contributed by atoms with E-state index in [-0.39, 0.29) is 17.6 Å². The minimum atomic E-state index is 0.161. The molecule has 0 radical (unpaired) electrons. The van der Waals surface area contributed by atoms with Gasteiger partial charge in [-0.15, -0.1) is 0 Å². The molecule has 0 unspecified atom stereocenters. The molecule has 1 aliphatic carbocycles. The second-order valence-electron chi connectivity index (χ2n) is 5.07. The molecule has 1 saturated heterocycles. The summed E-state index contributed by atoms with van der Waals surface area (Å²) >= 11 is 0. The number of aromatic nitrogens is 2. The summed E-state index contributed by atoms with van der Waals surface area (Å²) in [6.45, 7) is 3.04. The van der Waals surface area contributed by atoms with Gasteiger partial charge in [0.05, 0.1) is 12.1 Å². The Balaban J connectivity index is 1.73. The van der Waals surface area contributed by atoms with Crippen LogP contribution >= 0.6 is 0 Å². The number of rotatable bonds is 3. The molecule has 3 rings (SSSR count). The molecular formula is C11H17N3O2. The Hall–Kier alpha value is -0.940. The zero-order valence-electron chi connectivity index (χ0n) is 9.69. The van der Waals surface area contributed by atoms with Crippen molar-refractivity contribution in [3.8, 4) is 0 Å². The Morgan fingerprint density at radius 2 is 2.31 bits per heavy atom. The van der Waals surface area contributed by atoms with Crippen LogP contribution in [0.2, 0.25) is 0 Å². The highest BCUT2D eigenvalue weighted by Gasteiger charge is 2.44. The number of hydrogen-bond donors (Lipinski definition) is 1. The first kappa shape index (κ1) is 10.2. The molecule has 0 amide bonds. The molecular weight excluding hydrogens is 206 g/mol. The predicted molar refractivity (Wildman–Crippen MR) is 57.0 cm³/mol. The monoisotopic (exact) mass is 223 g/mol. The van der Waals surface area contributed by atoms with Gasteiger partial charge in [0.25, 0.3) is 0 Å². The topological polar surface area (TPSA) is 60.2 Å². The fraction of sp³-hybridized carbons (Fsp3) is 0.818. The van der Waals surface area contributed by atoms with E-state index in [0.717, 1.165) is 18.8 Å². The summed E-state index contributed by atoms with van der Waals surface area (Å²) < 4.78 is 10.6. The van der Waals surface area contributed by atoms with Crippen LogP contribution in [0.1, 0.15) is 43.9 Å². The van der Waals surface area contributed by atoms with Crippen LogP contribution in [-0.4, -0.2) is 29.9 Å². The summed E-state index contributed by atoms with van der Waals surface area (Å²) in [5.74, 6) is 1.58. The minimum absolute atomic E-state index is 0.161. The molecule has 16 heavy (non-hydrogen) atoms. The van der Waals surface area contributed by atoms with Crippen molar-refractivity contribution >= 4 is 0 Å². The maximum Gasteiger partial charge on any atom is 0.243 e. The fourth-order valence-corrected chi connectivity index (χ4v) is 2.10. The summed E-state index contributed by atoms with van der Waals surface area (Å²) in [6, 6.07) is 0.161. The average molecular weight is 223 g/mol. The van der Waals surface area contributed by atoms with Crippen molar-refractivity contribution in [3.05, 3.63) is 11.7 Å². The van der Waals surface area contributed by atoms with E-state index in [0.29, 0.717) is 5.89 Å². The Bertz CT molecular complexity index is 386. The highest BCUT2D eigenvalue weighted by Crippen LogP contribution is 2.46. The fourth-order valence-electron chi connectivity index (χ4n) is 2.10. The maximum absolute atomic E-state index is 5.33. The van der Waals surface area contributed by atoms with E-state index in [4.69, 9.17) is 9.26 Å². The lowest BCUT2D eigenvalue weighted by Crippen LogP contribution is -2.16. The van der Waals surface area contributed by atoms with Gasteiger partial charge in [-0.05, 0) is 19.3 Å². The Labute approximate surface area is 94.6 Å². The van der Waals surface area contributed by atoms with Gasteiger partial charge >= 0.3 is 0 Å². The van der Waals surface area contributed by atoms with Gasteiger partial charge in [0, 0.05) is 19.1 Å². The van der Waals surface area contributed by atoms with Crippen molar-refractivity contribution < 1.29 is 9.26 Å². The molecule has 0 aromatic carbocycles. The summed E-state index contributed by atoms with van der Waals surface area (Å²) in [5.41, 5.74) is 0.182. The molecule has 5 heteroatoms. The molecule has 0 spiro atoms. The lowest BCUT2D eigenvalue weighted by Gasteiger charge is -2.04. The molecule has 2 aliphatic rings. The molecule has 1 aromatic rings. The van der Waals surface area contributed by atoms with Crippen LogP contribution in [-0.2, 0) is 10.2 Å². The van der Waals surface area contributed by atoms with Gasteiger partial charge in [-0.25, -0.2) is 0 Å². The van der Waals surface area contributed by atoms with Gasteiger partial charge in [-0.3, -0.25) is 0 Å². The van der Waals surface area contributed by atoms with E-state index >= 15 is 0 Å². The van der Waals surface area contributed by atoms with Crippen LogP contribution in [0.15, 0.2) is 4.52 Å². The summed E-state index contributed by atoms with van der Waals surface area (Å²) in [6.07, 6.45) is 3.52. The van der Waals surface area contributed by atoms with Gasteiger partial charge in [0.2, 0.25) is 5.89 Å². The number of methoxy groups -OCH3 is 1. The average Bonchev–Trinajstić information content (AvgIpc) is 2.80. The van der Waals surface area contributed by atoms with Crippen molar-refractivity contribution in [1.29, 1.82) is 0 Å². The van der Waals surface area contributed by atoms with Crippen molar-refractivity contribution in [1.82, 2.24) is 15.5 Å². The second kappa shape index (κ2) is 3.53. The highest BCUT2D eigenvalue weighted by molar-refractivity contribution is 5.15. The summed E-state index contributed by atoms with van der Waals surface area (Å²) in [5, 5.41) is 7.42. The van der Waals surface area contributed by atoms with Gasteiger partial charge in [-0.2, -0.15) is 4.98 Å². The van der Waals surface area contributed by atoms with Gasteiger partial charge in [0.1, 0.15) is 0 Å². The largest absolute Gasteiger partial charge is 0.380 e. The van der Waals surface area contributed by atoms with Crippen LogP contribution in [0.5, 0.6) is 0 Å². The number of hydrogen-bond acceptors (Lipinski definition) is 5. The first-order chi connectivity index (χ1) is 7.71. The van der Waals surface area contributed by atoms with E-state index in [1.54, 1.807) is 7.11 Å². The lowest BCUT2D eigenvalue weighted by atomic mass is 10.1. The van der Waals surface area contributed by atoms with Crippen molar-refractivity contribution in [2.24, 2.45) is 0 Å². The SMILES string of the molecule is CO[C@@H]1CN[C@@H](c2nc(C3(C)CC3)no2)C1. The Morgan fingerprint density at radius 1 is 1.50 bits per heavy atom. The Morgan fingerprint density at radius 3 is 2.94 bits per heavy atom. The van der Waals surface area contributed by atoms with Crippen molar-refractivity contribution in [2.45, 2.75) is 43.7 Å². The number of nitrogens with zero attached hydrogens (tertiary/aromatic N) is 2. The van der Waals surface area contributed by atoms with E-state index in [2.05, 4.69) is 22.4 Å². The predicted octanol–water partition coefficient (Wildman–Crippen LogP) is 1.17. The smallest absolute Gasteiger partial charge is 0.243 e. The molecule has 1 aliphatic heterocycles. The molecule has 1 N–H and O–H groups in total. The summed E-state index contributed by atoms with van der Waals surface area (Å²) in [7, 11) is 1.74. The molecule has 0 bridgehead atoms. The minimum Gasteiger partial charge on any atom is -0.380 e. The molecule has 2 fully saturated rings. The third-order valence-electron chi connectivity index (χ3n) is 3.70. The van der Waals surface area contributed by atoms with Gasteiger partial charge in [0.15, 0.2) is 5.82 Å². The van der Waals surface area contributed by atoms with Gasteiger partial charge in [-0.1, -0.05) is 12.1 Å². The van der Waals surface area contributed by atoms with Crippen LogP contribution in [0.3, 0.4) is 0 Å². The van der Waals surface area contributed by atoms with E-state index in [1.807, 2.05) is 0 Å². The van der Waals surface area contributed by atoms with Crippen LogP contribution < -0.4 is 5.32 Å². The molecule has 88 valence electrons. The van der Waals surface area contributed by atoms with Crippen molar-refractivity contribution in [3.63, 3.8) is 0 Å². The highest BCUT2D eigenvalue weighted by atomic mass is 16.5. The van der Waals surface area contributed by atoms with Crippen molar-refractivity contribution in [2.75, 3.05) is 13.7 Å². The zero-order valence-corrected chi connectivity index (χ0v) is 9.69. The van der Waals surface area contributed by atoms with Gasteiger partial charge < -0.3 is 14.6 Å². The summed E-state index contributed by atoms with van der Waals surface area (Å²) in [4.78, 5) is 4.50. The molecule has 2 atom stereocenters. The first-order valence-corrected chi connectivity index (χ1v) is 5.81. The normalized spacial score (nSPS) is 31.9. The van der Waals surface area contributed by atoms with E-state index in [1.165, 1.54) is 12.8 Å². The van der Waals surface area contributed by atoms with Crippen LogP contribution in [0.4, 0.5) is 0 Å². The Kier molecular flexibility index (Phi) is 2.26. The molecule has 1 aromatic heterocycles. The molecule has 5 nitrogen and oxygen atoms in total. The third-order valence-corrected chi connectivity index (χ3v) is 3.70. The molecule has 2 heterocycles. The maximum atomic E-state index is 5.33. The van der Waals surface area contributed by atoms with E-state index < -0.39 is 0 Å². The lowest BCUT2D eigenvalue weighted by molar-refractivity contribution is 0.116. The first-order valence-electron chi connectivity index (χ1n) is 5.81. The number of nitrogens with one attached hydrogen (secondary N) is 1. The standard InChI is InChI=1S/C11H17N3O2/c1-11(3-4-11)10-13-9(16-14-10)8-5-7(15-2)6-12-8/h7-8,12H,3-6H2,1-2H3/t7-,8+/m0/s1. The second-order valence-corrected chi connectivity index (χ2v) is 5.07. The number of ether oxygens (including phenoxy) is 1. The van der Waals surface area contributed by atoms with Crippen LogP contribution in [0, 0.1) is 0 Å². The van der Waals surface area contributed by atoms with Crippen LogP contribution in [0.25, 0.3) is 0 Å². The third kappa shape index (κ3) is 1.64. The zero-order chi connectivity index (χ0) is 11.2. The van der Waals surface area contributed by atoms with E-state index in [9.17, 15) is 0 Å². The molecule has 1 saturated carbocycles. The quantitative estimate of drug-likeness (QED) is 0.833.